The highest BCUT2D eigenvalue weighted by molar-refractivity contribution is 7.89. The minimum atomic E-state index is -3.60. The van der Waals surface area contributed by atoms with Crippen molar-refractivity contribution in [1.29, 1.82) is 0 Å². The monoisotopic (exact) mass is 349 g/mol. The zero-order valence-corrected chi connectivity index (χ0v) is 14.1. The number of rotatable bonds is 4. The molecule has 8 heteroatoms. The van der Waals surface area contributed by atoms with Crippen LogP contribution in [-0.2, 0) is 20.4 Å². The van der Waals surface area contributed by atoms with Gasteiger partial charge in [0.1, 0.15) is 11.4 Å². The maximum atomic E-state index is 12.7. The number of piperidine rings is 1. The molecule has 2 heterocycles. The van der Waals surface area contributed by atoms with Crippen LogP contribution in [0.15, 0.2) is 47.6 Å². The summed E-state index contributed by atoms with van der Waals surface area (Å²) < 4.78 is 28.4. The second-order valence-electron chi connectivity index (χ2n) is 5.90. The van der Waals surface area contributed by atoms with Crippen molar-refractivity contribution >= 4 is 16.0 Å². The molecule has 1 aliphatic rings. The van der Waals surface area contributed by atoms with Crippen LogP contribution in [0.1, 0.15) is 18.7 Å². The first kappa shape index (κ1) is 16.7. The van der Waals surface area contributed by atoms with Crippen LogP contribution < -0.4 is 0 Å². The van der Waals surface area contributed by atoms with Gasteiger partial charge in [0.25, 0.3) is 0 Å². The molecule has 0 atom stereocenters. The first-order valence-corrected chi connectivity index (χ1v) is 9.11. The van der Waals surface area contributed by atoms with E-state index in [4.69, 9.17) is 0 Å². The van der Waals surface area contributed by atoms with Gasteiger partial charge in [0.05, 0.1) is 4.90 Å². The molecule has 0 aliphatic carbocycles. The Morgan fingerprint density at radius 3 is 2.33 bits per heavy atom. The van der Waals surface area contributed by atoms with Crippen molar-refractivity contribution < 1.29 is 18.3 Å². The van der Waals surface area contributed by atoms with Gasteiger partial charge in [-0.2, -0.15) is 4.31 Å². The van der Waals surface area contributed by atoms with Gasteiger partial charge in [-0.15, -0.1) is 0 Å². The molecule has 0 saturated carbocycles. The predicted molar refractivity (Wildman–Crippen MR) is 87.0 cm³/mol. The molecule has 7 nitrogen and oxygen atoms in total. The van der Waals surface area contributed by atoms with E-state index in [0.717, 1.165) is 0 Å². The second kappa shape index (κ2) is 6.03. The van der Waals surface area contributed by atoms with Gasteiger partial charge < -0.3 is 9.67 Å². The van der Waals surface area contributed by atoms with Gasteiger partial charge in [0.2, 0.25) is 10.0 Å². The van der Waals surface area contributed by atoms with E-state index in [0.29, 0.717) is 5.82 Å². The highest BCUT2D eigenvalue weighted by Gasteiger charge is 2.46. The summed E-state index contributed by atoms with van der Waals surface area (Å²) in [5, 5.41) is 9.77. The van der Waals surface area contributed by atoms with Crippen molar-refractivity contribution in [2.45, 2.75) is 30.2 Å². The molecule has 2 aromatic rings. The maximum absolute atomic E-state index is 12.7. The summed E-state index contributed by atoms with van der Waals surface area (Å²) in [7, 11) is -3.60. The van der Waals surface area contributed by atoms with E-state index in [9.17, 15) is 18.3 Å². The van der Waals surface area contributed by atoms with Crippen LogP contribution in [0.25, 0.3) is 0 Å². The van der Waals surface area contributed by atoms with E-state index in [1.807, 2.05) is 0 Å². The minimum absolute atomic E-state index is 0.154. The first-order chi connectivity index (χ1) is 11.4. The Labute approximate surface area is 140 Å². The average molecular weight is 349 g/mol. The SMILES string of the molecule is Cc1nccn1C1(C(=O)O)CCN(S(=O)(=O)c2ccccc2)CC1. The van der Waals surface area contributed by atoms with Crippen molar-refractivity contribution in [3.63, 3.8) is 0 Å². The lowest BCUT2D eigenvalue weighted by Crippen LogP contribution is -2.52. The third-order valence-corrected chi connectivity index (χ3v) is 6.53. The van der Waals surface area contributed by atoms with Crippen LogP contribution in [0, 0.1) is 6.92 Å². The van der Waals surface area contributed by atoms with Crippen LogP contribution in [0.3, 0.4) is 0 Å². The molecule has 3 rings (SSSR count). The standard InChI is InChI=1S/C16H19N3O4S/c1-13-17-9-12-19(13)16(15(20)21)7-10-18(11-8-16)24(22,23)14-5-3-2-4-6-14/h2-6,9,12H,7-8,10-11H2,1H3,(H,20,21). The van der Waals surface area contributed by atoms with Crippen LogP contribution in [0.4, 0.5) is 0 Å². The largest absolute Gasteiger partial charge is 0.479 e. The Kier molecular flexibility index (Phi) is 4.18. The topological polar surface area (TPSA) is 92.5 Å². The summed E-state index contributed by atoms with van der Waals surface area (Å²) in [6.45, 7) is 2.06. The highest BCUT2D eigenvalue weighted by atomic mass is 32.2. The number of nitrogens with zero attached hydrogens (tertiary/aromatic N) is 3. The molecule has 0 bridgehead atoms. The van der Waals surface area contributed by atoms with E-state index in [2.05, 4.69) is 4.98 Å². The van der Waals surface area contributed by atoms with Crippen molar-refractivity contribution in [2.24, 2.45) is 0 Å². The Balaban J connectivity index is 1.87. The average Bonchev–Trinajstić information content (AvgIpc) is 3.02. The van der Waals surface area contributed by atoms with Crippen molar-refractivity contribution in [2.75, 3.05) is 13.1 Å². The summed E-state index contributed by atoms with van der Waals surface area (Å²) in [4.78, 5) is 16.3. The molecule has 1 N–H and O–H groups in total. The maximum Gasteiger partial charge on any atom is 0.330 e. The third kappa shape index (κ3) is 2.61. The zero-order chi connectivity index (χ0) is 17.4. The minimum Gasteiger partial charge on any atom is -0.479 e. The summed E-state index contributed by atoms with van der Waals surface area (Å²) in [5.74, 6) is -0.350. The van der Waals surface area contributed by atoms with Crippen molar-refractivity contribution in [3.05, 3.63) is 48.5 Å². The lowest BCUT2D eigenvalue weighted by atomic mass is 9.88. The number of aryl methyl sites for hydroxylation is 1. The number of hydrogen-bond acceptors (Lipinski definition) is 4. The number of aliphatic carboxylic acids is 1. The fraction of sp³-hybridized carbons (Fsp3) is 0.375. The lowest BCUT2D eigenvalue weighted by Gasteiger charge is -2.39. The molecule has 1 aliphatic heterocycles. The Morgan fingerprint density at radius 2 is 1.83 bits per heavy atom. The van der Waals surface area contributed by atoms with Gasteiger partial charge in [-0.3, -0.25) is 0 Å². The number of benzene rings is 1. The van der Waals surface area contributed by atoms with Gasteiger partial charge in [-0.1, -0.05) is 18.2 Å². The normalized spacial score (nSPS) is 18.4. The first-order valence-electron chi connectivity index (χ1n) is 7.67. The fourth-order valence-corrected chi connectivity index (χ4v) is 4.69. The predicted octanol–water partition coefficient (Wildman–Crippen LogP) is 1.46. The van der Waals surface area contributed by atoms with Crippen LogP contribution in [0.2, 0.25) is 0 Å². The molecule has 1 saturated heterocycles. The lowest BCUT2D eigenvalue weighted by molar-refractivity contribution is -0.150. The summed E-state index contributed by atoms with van der Waals surface area (Å²) >= 11 is 0. The van der Waals surface area contributed by atoms with Crippen molar-refractivity contribution in [3.8, 4) is 0 Å². The molecule has 1 aromatic carbocycles. The molecule has 0 amide bonds. The number of carboxylic acid groups (broad SMARTS) is 1. The van der Waals surface area contributed by atoms with Crippen molar-refractivity contribution in [1.82, 2.24) is 13.9 Å². The van der Waals surface area contributed by atoms with Crippen LogP contribution >= 0.6 is 0 Å². The number of carbonyl (C=O) groups is 1. The van der Waals surface area contributed by atoms with Gasteiger partial charge in [-0.05, 0) is 31.9 Å². The summed E-state index contributed by atoms with van der Waals surface area (Å²) in [6, 6.07) is 8.20. The second-order valence-corrected chi connectivity index (χ2v) is 7.84. The Hall–Kier alpha value is -2.19. The van der Waals surface area contributed by atoms with E-state index in [1.165, 1.54) is 4.31 Å². The zero-order valence-electron chi connectivity index (χ0n) is 13.3. The van der Waals surface area contributed by atoms with Gasteiger partial charge in [0, 0.05) is 25.5 Å². The molecule has 128 valence electrons. The van der Waals surface area contributed by atoms with Gasteiger partial charge in [0.15, 0.2) is 0 Å². The number of sulfonamides is 1. The van der Waals surface area contributed by atoms with E-state index < -0.39 is 21.5 Å². The third-order valence-electron chi connectivity index (χ3n) is 4.62. The number of imidazole rings is 1. The molecular weight excluding hydrogens is 330 g/mol. The van der Waals surface area contributed by atoms with E-state index in [-0.39, 0.29) is 30.8 Å². The van der Waals surface area contributed by atoms with Crippen LogP contribution in [0.5, 0.6) is 0 Å². The number of hydrogen-bond donors (Lipinski definition) is 1. The molecule has 0 radical (unpaired) electrons. The quantitative estimate of drug-likeness (QED) is 0.902. The molecule has 0 spiro atoms. The fourth-order valence-electron chi connectivity index (χ4n) is 3.23. The van der Waals surface area contributed by atoms with Crippen LogP contribution in [-0.4, -0.2) is 46.4 Å². The summed E-state index contributed by atoms with van der Waals surface area (Å²) in [6.07, 6.45) is 3.61. The molecule has 0 unspecified atom stereocenters. The number of aromatic nitrogens is 2. The van der Waals surface area contributed by atoms with E-state index in [1.54, 1.807) is 54.2 Å². The molecule has 1 aromatic heterocycles. The van der Waals surface area contributed by atoms with Gasteiger partial charge >= 0.3 is 5.97 Å². The number of carboxylic acids is 1. The molecule has 1 fully saturated rings. The molecular formula is C16H19N3O4S. The smallest absolute Gasteiger partial charge is 0.330 e. The van der Waals surface area contributed by atoms with Gasteiger partial charge in [-0.25, -0.2) is 18.2 Å². The summed E-state index contributed by atoms with van der Waals surface area (Å²) in [5.41, 5.74) is -1.15. The molecule has 24 heavy (non-hydrogen) atoms. The Bertz CT molecular complexity index is 837. The van der Waals surface area contributed by atoms with E-state index >= 15 is 0 Å². The highest BCUT2D eigenvalue weighted by Crippen LogP contribution is 2.33. The Morgan fingerprint density at radius 1 is 1.21 bits per heavy atom.